The van der Waals surface area contributed by atoms with Crippen molar-refractivity contribution in [2.75, 3.05) is 5.75 Å². The molecule has 0 bridgehead atoms. The van der Waals surface area contributed by atoms with Crippen LogP contribution in [0.4, 0.5) is 0 Å². The zero-order chi connectivity index (χ0) is 10.6. The average molecular weight is 251 g/mol. The van der Waals surface area contributed by atoms with E-state index in [2.05, 4.69) is 24.0 Å². The van der Waals surface area contributed by atoms with Gasteiger partial charge in [-0.2, -0.15) is 0 Å². The Morgan fingerprint density at radius 3 is 2.73 bits per heavy atom. The molecule has 88 valence electrons. The molecule has 1 aromatic heterocycles. The third-order valence-corrected chi connectivity index (χ3v) is 3.63. The minimum atomic E-state index is 0. The lowest BCUT2D eigenvalue weighted by Gasteiger charge is -2.16. The van der Waals surface area contributed by atoms with Crippen LogP contribution in [-0.4, -0.2) is 26.6 Å². The van der Waals surface area contributed by atoms with Gasteiger partial charge in [-0.15, -0.1) is 22.6 Å². The predicted molar refractivity (Wildman–Crippen MR) is 66.4 cm³/mol. The van der Waals surface area contributed by atoms with Crippen LogP contribution in [0.2, 0.25) is 0 Å². The van der Waals surface area contributed by atoms with E-state index >= 15 is 0 Å². The Morgan fingerprint density at radius 2 is 2.27 bits per heavy atom. The van der Waals surface area contributed by atoms with Crippen molar-refractivity contribution in [1.29, 1.82) is 0 Å². The summed E-state index contributed by atoms with van der Waals surface area (Å²) in [6.07, 6.45) is 2.83. The van der Waals surface area contributed by atoms with Gasteiger partial charge in [-0.25, -0.2) is 0 Å². The van der Waals surface area contributed by atoms with Crippen LogP contribution >= 0.6 is 24.2 Å². The van der Waals surface area contributed by atoms with Gasteiger partial charge in [-0.3, -0.25) is 0 Å². The van der Waals surface area contributed by atoms with Crippen LogP contribution in [0.15, 0.2) is 11.5 Å². The highest BCUT2D eigenvalue weighted by atomic mass is 35.5. The molecule has 1 heterocycles. The van der Waals surface area contributed by atoms with Gasteiger partial charge >= 0.3 is 0 Å². The molecule has 0 radical (unpaired) electrons. The van der Waals surface area contributed by atoms with Gasteiger partial charge in [0.15, 0.2) is 5.16 Å². The smallest absolute Gasteiger partial charge is 0.190 e. The highest BCUT2D eigenvalue weighted by molar-refractivity contribution is 7.99. The second-order valence-electron chi connectivity index (χ2n) is 3.58. The summed E-state index contributed by atoms with van der Waals surface area (Å²) < 4.78 is 1.91. The molecule has 0 aliphatic rings. The monoisotopic (exact) mass is 250 g/mol. The molecule has 2 N–H and O–H groups in total. The maximum Gasteiger partial charge on any atom is 0.190 e. The highest BCUT2D eigenvalue weighted by Gasteiger charge is 2.12. The lowest BCUT2D eigenvalue weighted by Crippen LogP contribution is -2.30. The molecule has 1 rings (SSSR count). The van der Waals surface area contributed by atoms with E-state index in [9.17, 15) is 0 Å². The molecule has 0 aliphatic heterocycles. The summed E-state index contributed by atoms with van der Waals surface area (Å²) in [5, 5.41) is 8.74. The number of nitrogens with two attached hydrogens (primary N) is 1. The lowest BCUT2D eigenvalue weighted by molar-refractivity contribution is 0.475. The van der Waals surface area contributed by atoms with E-state index in [0.717, 1.165) is 17.3 Å². The summed E-state index contributed by atoms with van der Waals surface area (Å²) in [5.74, 6) is 1.47. The predicted octanol–water partition coefficient (Wildman–Crippen LogP) is 1.70. The normalized spacial score (nSPS) is 14.4. The van der Waals surface area contributed by atoms with Crippen molar-refractivity contribution in [1.82, 2.24) is 14.8 Å². The minimum Gasteiger partial charge on any atom is -0.327 e. The Bertz CT molecular complexity index is 279. The number of aryl methyl sites for hydroxylation is 1. The van der Waals surface area contributed by atoms with Gasteiger partial charge in [0.25, 0.3) is 0 Å². The van der Waals surface area contributed by atoms with Crippen LogP contribution in [0.5, 0.6) is 0 Å². The molecule has 2 atom stereocenters. The Kier molecular flexibility index (Phi) is 6.96. The van der Waals surface area contributed by atoms with Gasteiger partial charge < -0.3 is 10.3 Å². The highest BCUT2D eigenvalue weighted by Crippen LogP contribution is 2.17. The molecule has 0 spiro atoms. The maximum absolute atomic E-state index is 6.02. The van der Waals surface area contributed by atoms with Gasteiger partial charge in [-0.05, 0) is 5.92 Å². The number of hydrogen-bond acceptors (Lipinski definition) is 4. The van der Waals surface area contributed by atoms with Crippen molar-refractivity contribution in [2.45, 2.75) is 31.5 Å². The number of aromatic nitrogens is 3. The SMILES string of the molecule is CCC(C)C(N)CSc1nncn1C.Cl. The number of halogens is 1. The van der Waals surface area contributed by atoms with E-state index in [4.69, 9.17) is 5.73 Å². The van der Waals surface area contributed by atoms with Crippen molar-refractivity contribution < 1.29 is 0 Å². The first-order valence-electron chi connectivity index (χ1n) is 4.87. The fraction of sp³-hybridized carbons (Fsp3) is 0.778. The summed E-state index contributed by atoms with van der Waals surface area (Å²) in [5.41, 5.74) is 6.02. The summed E-state index contributed by atoms with van der Waals surface area (Å²) in [4.78, 5) is 0. The molecule has 6 heteroatoms. The molecule has 0 fully saturated rings. The van der Waals surface area contributed by atoms with Crippen LogP contribution in [0.3, 0.4) is 0 Å². The van der Waals surface area contributed by atoms with Gasteiger partial charge in [0, 0.05) is 18.8 Å². The van der Waals surface area contributed by atoms with Crippen LogP contribution in [-0.2, 0) is 7.05 Å². The zero-order valence-corrected chi connectivity index (χ0v) is 11.0. The molecule has 2 unspecified atom stereocenters. The first-order chi connectivity index (χ1) is 6.65. The van der Waals surface area contributed by atoms with Crippen molar-refractivity contribution in [3.63, 3.8) is 0 Å². The third-order valence-electron chi connectivity index (χ3n) is 2.45. The first-order valence-corrected chi connectivity index (χ1v) is 5.86. The molecule has 0 amide bonds. The van der Waals surface area contributed by atoms with E-state index in [1.807, 2.05) is 11.6 Å². The van der Waals surface area contributed by atoms with Crippen molar-refractivity contribution in [3.8, 4) is 0 Å². The summed E-state index contributed by atoms with van der Waals surface area (Å²) in [7, 11) is 1.94. The van der Waals surface area contributed by atoms with E-state index in [1.165, 1.54) is 0 Å². The van der Waals surface area contributed by atoms with Gasteiger partial charge in [0.1, 0.15) is 6.33 Å². The topological polar surface area (TPSA) is 56.7 Å². The fourth-order valence-corrected chi connectivity index (χ4v) is 2.07. The van der Waals surface area contributed by atoms with Crippen molar-refractivity contribution in [3.05, 3.63) is 6.33 Å². The van der Waals surface area contributed by atoms with Crippen LogP contribution in [0.1, 0.15) is 20.3 Å². The minimum absolute atomic E-state index is 0. The maximum atomic E-state index is 6.02. The Morgan fingerprint density at radius 1 is 1.60 bits per heavy atom. The second kappa shape index (κ2) is 7.09. The van der Waals surface area contributed by atoms with Crippen LogP contribution < -0.4 is 5.73 Å². The molecule has 0 saturated heterocycles. The fourth-order valence-electron chi connectivity index (χ4n) is 1.04. The van der Waals surface area contributed by atoms with Crippen LogP contribution in [0, 0.1) is 5.92 Å². The van der Waals surface area contributed by atoms with E-state index < -0.39 is 0 Å². The van der Waals surface area contributed by atoms with Gasteiger partial charge in [0.2, 0.25) is 0 Å². The molecule has 1 aromatic rings. The van der Waals surface area contributed by atoms with Gasteiger partial charge in [-0.1, -0.05) is 32.0 Å². The Balaban J connectivity index is 0.00000196. The average Bonchev–Trinajstić information content (AvgIpc) is 2.59. The molecule has 15 heavy (non-hydrogen) atoms. The molecule has 4 nitrogen and oxygen atoms in total. The molecule has 0 saturated carbocycles. The Hall–Kier alpha value is -0.260. The molecule has 0 aromatic carbocycles. The number of hydrogen-bond donors (Lipinski definition) is 1. The summed E-state index contributed by atoms with van der Waals surface area (Å²) >= 11 is 1.67. The van der Waals surface area contributed by atoms with E-state index in [0.29, 0.717) is 5.92 Å². The summed E-state index contributed by atoms with van der Waals surface area (Å²) in [6, 6.07) is 0.238. The van der Waals surface area contributed by atoms with Crippen molar-refractivity contribution in [2.24, 2.45) is 18.7 Å². The van der Waals surface area contributed by atoms with E-state index in [-0.39, 0.29) is 18.4 Å². The van der Waals surface area contributed by atoms with Crippen molar-refractivity contribution >= 4 is 24.2 Å². The van der Waals surface area contributed by atoms with Crippen LogP contribution in [0.25, 0.3) is 0 Å². The Labute approximate surface area is 101 Å². The van der Waals surface area contributed by atoms with E-state index in [1.54, 1.807) is 18.1 Å². The zero-order valence-electron chi connectivity index (χ0n) is 9.38. The first kappa shape index (κ1) is 14.7. The molecular weight excluding hydrogens is 232 g/mol. The molecular formula is C9H19ClN4S. The third kappa shape index (κ3) is 4.40. The lowest BCUT2D eigenvalue weighted by atomic mass is 10.0. The molecule has 0 aliphatic carbocycles. The number of nitrogens with zero attached hydrogens (tertiary/aromatic N) is 3. The summed E-state index contributed by atoms with van der Waals surface area (Å²) in [6.45, 7) is 4.35. The number of thioether (sulfide) groups is 1. The number of rotatable bonds is 5. The second-order valence-corrected chi connectivity index (χ2v) is 4.57. The van der Waals surface area contributed by atoms with Gasteiger partial charge in [0.05, 0.1) is 0 Å². The quantitative estimate of drug-likeness (QED) is 0.809. The standard InChI is InChI=1S/C9H18N4S.ClH/c1-4-7(2)8(10)5-14-9-12-11-6-13(9)3;/h6-8H,4-5,10H2,1-3H3;1H. The largest absolute Gasteiger partial charge is 0.327 e.